The zero-order chi connectivity index (χ0) is 15.6. The molecule has 4 nitrogen and oxygen atoms in total. The molecule has 2 rings (SSSR count). The number of hydrogen-bond donors (Lipinski definition) is 1. The van der Waals surface area contributed by atoms with Crippen LogP contribution in [0.2, 0.25) is 5.15 Å². The van der Waals surface area contributed by atoms with Crippen molar-refractivity contribution in [1.82, 2.24) is 9.88 Å². The quantitative estimate of drug-likeness (QED) is 0.870. The summed E-state index contributed by atoms with van der Waals surface area (Å²) in [4.78, 5) is 18.8. The number of aromatic nitrogens is 1. The molecule has 1 aromatic heterocycles. The first-order valence-electron chi connectivity index (χ1n) is 7.43. The molecule has 1 aromatic rings. The lowest BCUT2D eigenvalue weighted by Crippen LogP contribution is -2.45. The van der Waals surface area contributed by atoms with E-state index in [1.165, 1.54) is 0 Å². The molecule has 0 bridgehead atoms. The second kappa shape index (κ2) is 6.32. The highest BCUT2D eigenvalue weighted by atomic mass is 35.5. The maximum Gasteiger partial charge on any atom is 0.254 e. The fourth-order valence-corrected chi connectivity index (χ4v) is 2.64. The predicted octanol–water partition coefficient (Wildman–Crippen LogP) is 3.02. The van der Waals surface area contributed by atoms with Crippen molar-refractivity contribution in [2.45, 2.75) is 51.5 Å². The van der Waals surface area contributed by atoms with Crippen LogP contribution in [0.3, 0.4) is 0 Å². The molecule has 1 heterocycles. The summed E-state index contributed by atoms with van der Waals surface area (Å²) in [5.41, 5.74) is 1.19. The lowest BCUT2D eigenvalue weighted by Gasteiger charge is -2.37. The van der Waals surface area contributed by atoms with E-state index < -0.39 is 0 Å². The van der Waals surface area contributed by atoms with Crippen LogP contribution >= 0.6 is 11.6 Å². The van der Waals surface area contributed by atoms with Gasteiger partial charge in [-0.1, -0.05) is 32.4 Å². The van der Waals surface area contributed by atoms with Gasteiger partial charge in [0, 0.05) is 29.3 Å². The minimum atomic E-state index is -0.168. The average molecular weight is 311 g/mol. The van der Waals surface area contributed by atoms with Gasteiger partial charge >= 0.3 is 0 Å². The summed E-state index contributed by atoms with van der Waals surface area (Å²) < 4.78 is 0. The Morgan fingerprint density at radius 1 is 1.43 bits per heavy atom. The van der Waals surface area contributed by atoms with Crippen molar-refractivity contribution in [3.8, 4) is 0 Å². The maximum absolute atomic E-state index is 12.7. The van der Waals surface area contributed by atoms with E-state index in [1.54, 1.807) is 11.0 Å². The van der Waals surface area contributed by atoms with E-state index in [-0.39, 0.29) is 24.0 Å². The molecule has 0 aliphatic heterocycles. The first kappa shape index (κ1) is 16.2. The summed E-state index contributed by atoms with van der Waals surface area (Å²) >= 11 is 6.08. The van der Waals surface area contributed by atoms with E-state index in [1.807, 2.05) is 26.8 Å². The van der Waals surface area contributed by atoms with Crippen LogP contribution < -0.4 is 0 Å². The number of carbonyl (C=O) groups is 1. The number of pyridine rings is 1. The van der Waals surface area contributed by atoms with E-state index in [0.717, 1.165) is 25.0 Å². The fraction of sp³-hybridized carbons (Fsp3) is 0.625. The van der Waals surface area contributed by atoms with E-state index >= 15 is 0 Å². The Hall–Kier alpha value is -1.13. The summed E-state index contributed by atoms with van der Waals surface area (Å²) in [5, 5.41) is 9.54. The van der Waals surface area contributed by atoms with Gasteiger partial charge in [-0.15, -0.1) is 0 Å². The van der Waals surface area contributed by atoms with Gasteiger partial charge in [-0.05, 0) is 31.4 Å². The van der Waals surface area contributed by atoms with Crippen molar-refractivity contribution >= 4 is 17.5 Å². The number of rotatable bonds is 4. The van der Waals surface area contributed by atoms with Crippen LogP contribution in [0.5, 0.6) is 0 Å². The van der Waals surface area contributed by atoms with Crippen LogP contribution in [0.25, 0.3) is 0 Å². The molecule has 1 amide bonds. The van der Waals surface area contributed by atoms with Crippen LogP contribution in [0, 0.1) is 0 Å². The molecule has 5 heteroatoms. The highest BCUT2D eigenvalue weighted by Crippen LogP contribution is 2.28. The van der Waals surface area contributed by atoms with E-state index in [4.69, 9.17) is 11.6 Å². The van der Waals surface area contributed by atoms with E-state index in [0.29, 0.717) is 17.3 Å². The van der Waals surface area contributed by atoms with Crippen molar-refractivity contribution in [3.63, 3.8) is 0 Å². The molecule has 0 unspecified atom stereocenters. The summed E-state index contributed by atoms with van der Waals surface area (Å²) in [5.74, 6) is -0.0662. The molecule has 21 heavy (non-hydrogen) atoms. The van der Waals surface area contributed by atoms with Crippen LogP contribution in [-0.4, -0.2) is 40.1 Å². The molecule has 1 aliphatic rings. The van der Waals surface area contributed by atoms with Gasteiger partial charge in [0.2, 0.25) is 0 Å². The lowest BCUT2D eigenvalue weighted by molar-refractivity contribution is 0.0525. The molecule has 1 N–H and O–H groups in total. The number of carbonyl (C=O) groups excluding carboxylic acids is 1. The van der Waals surface area contributed by atoms with Crippen LogP contribution in [0.4, 0.5) is 0 Å². The molecular formula is C16H23ClN2O2. The van der Waals surface area contributed by atoms with Crippen molar-refractivity contribution in [2.24, 2.45) is 0 Å². The Morgan fingerprint density at radius 3 is 2.57 bits per heavy atom. The fourth-order valence-electron chi connectivity index (χ4n) is 2.43. The van der Waals surface area contributed by atoms with Gasteiger partial charge in [-0.25, -0.2) is 4.98 Å². The number of hydrogen-bond acceptors (Lipinski definition) is 3. The van der Waals surface area contributed by atoms with Crippen molar-refractivity contribution < 1.29 is 9.90 Å². The molecule has 116 valence electrons. The number of amides is 1. The standard InChI is InChI=1S/C16H23ClN2O2/c1-16(2,3)13-9-11(10-14(17)18-13)15(21)19(7-8-20)12-5-4-6-12/h9-10,12,20H,4-8H2,1-3H3. The highest BCUT2D eigenvalue weighted by Gasteiger charge is 2.30. The van der Waals surface area contributed by atoms with Gasteiger partial charge in [0.25, 0.3) is 5.91 Å². The maximum atomic E-state index is 12.7. The zero-order valence-electron chi connectivity index (χ0n) is 12.9. The molecule has 0 saturated heterocycles. The second-order valence-corrected chi connectivity index (χ2v) is 7.01. The Morgan fingerprint density at radius 2 is 2.10 bits per heavy atom. The van der Waals surface area contributed by atoms with Crippen LogP contribution in [-0.2, 0) is 5.41 Å². The predicted molar refractivity (Wildman–Crippen MR) is 83.7 cm³/mol. The summed E-state index contributed by atoms with van der Waals surface area (Å²) in [6, 6.07) is 3.68. The van der Waals surface area contributed by atoms with Gasteiger partial charge in [0.15, 0.2) is 0 Å². The average Bonchev–Trinajstić information content (AvgIpc) is 2.33. The first-order valence-corrected chi connectivity index (χ1v) is 7.80. The Labute approximate surface area is 131 Å². The molecule has 1 saturated carbocycles. The normalized spacial score (nSPS) is 15.7. The molecular weight excluding hydrogens is 288 g/mol. The molecule has 0 aromatic carbocycles. The smallest absolute Gasteiger partial charge is 0.254 e. The number of halogens is 1. The van der Waals surface area contributed by atoms with E-state index in [9.17, 15) is 9.90 Å². The third kappa shape index (κ3) is 3.74. The summed E-state index contributed by atoms with van der Waals surface area (Å²) in [7, 11) is 0. The van der Waals surface area contributed by atoms with Gasteiger partial charge in [0.1, 0.15) is 5.15 Å². The first-order chi connectivity index (χ1) is 9.82. The van der Waals surface area contributed by atoms with Gasteiger partial charge in [-0.2, -0.15) is 0 Å². The van der Waals surface area contributed by atoms with Crippen molar-refractivity contribution in [1.29, 1.82) is 0 Å². The SMILES string of the molecule is CC(C)(C)c1cc(C(=O)N(CCO)C2CCC2)cc(Cl)n1. The number of nitrogens with zero attached hydrogens (tertiary/aromatic N) is 2. The minimum Gasteiger partial charge on any atom is -0.395 e. The van der Waals surface area contributed by atoms with Crippen molar-refractivity contribution in [2.75, 3.05) is 13.2 Å². The minimum absolute atomic E-state index is 0.0207. The Balaban J connectivity index is 2.30. The monoisotopic (exact) mass is 310 g/mol. The van der Waals surface area contributed by atoms with Gasteiger partial charge in [0.05, 0.1) is 6.61 Å². The Kier molecular flexibility index (Phi) is 4.89. The Bertz CT molecular complexity index is 521. The van der Waals surface area contributed by atoms with E-state index in [2.05, 4.69) is 4.98 Å². The largest absolute Gasteiger partial charge is 0.395 e. The molecule has 1 aliphatic carbocycles. The van der Waals surface area contributed by atoms with Crippen LogP contribution in [0.15, 0.2) is 12.1 Å². The van der Waals surface area contributed by atoms with Gasteiger partial charge < -0.3 is 10.0 Å². The van der Waals surface area contributed by atoms with Crippen LogP contribution in [0.1, 0.15) is 56.1 Å². The highest BCUT2D eigenvalue weighted by molar-refractivity contribution is 6.29. The topological polar surface area (TPSA) is 53.4 Å². The summed E-state index contributed by atoms with van der Waals surface area (Å²) in [6.45, 7) is 6.47. The zero-order valence-corrected chi connectivity index (χ0v) is 13.7. The third-order valence-corrected chi connectivity index (χ3v) is 4.12. The number of aliphatic hydroxyl groups is 1. The van der Waals surface area contributed by atoms with Gasteiger partial charge in [-0.3, -0.25) is 4.79 Å². The summed E-state index contributed by atoms with van der Waals surface area (Å²) in [6.07, 6.45) is 3.16. The molecule has 1 fully saturated rings. The third-order valence-electron chi connectivity index (χ3n) is 3.93. The molecule has 0 radical (unpaired) electrons. The lowest BCUT2D eigenvalue weighted by atomic mass is 9.89. The second-order valence-electron chi connectivity index (χ2n) is 6.62. The molecule has 0 atom stereocenters. The van der Waals surface area contributed by atoms with Crippen molar-refractivity contribution in [3.05, 3.63) is 28.5 Å². The molecule has 0 spiro atoms. The number of aliphatic hydroxyl groups excluding tert-OH is 1.